The zero-order valence-corrected chi connectivity index (χ0v) is 5.02. The lowest BCUT2D eigenvalue weighted by molar-refractivity contribution is 0.162. The lowest BCUT2D eigenvalue weighted by Gasteiger charge is -2.01. The number of rotatable bonds is 2. The standard InChI is InChI=1S/C4H6N4O2/c5-4(9)10-7-8-3-1-2-6-8/h1-3,7H,(H2,5,9). The number of carbonyl (C=O) groups excluding carboxylic acids is 1. The minimum absolute atomic E-state index is 0.907. The minimum Gasteiger partial charge on any atom is -0.333 e. The van der Waals surface area contributed by atoms with Crippen LogP contribution in [0.4, 0.5) is 4.79 Å². The predicted molar refractivity (Wildman–Crippen MR) is 32.3 cm³/mol. The lowest BCUT2D eigenvalue weighted by atomic mass is 10.8. The third kappa shape index (κ3) is 1.66. The summed E-state index contributed by atoms with van der Waals surface area (Å²) in [5.74, 6) is 0. The molecule has 1 heterocycles. The van der Waals surface area contributed by atoms with Crippen molar-refractivity contribution < 1.29 is 9.63 Å². The fraction of sp³-hybridized carbons (Fsp3) is 0. The van der Waals surface area contributed by atoms with E-state index in [2.05, 4.69) is 21.3 Å². The van der Waals surface area contributed by atoms with E-state index in [4.69, 9.17) is 0 Å². The van der Waals surface area contributed by atoms with Crippen molar-refractivity contribution >= 4 is 6.09 Å². The van der Waals surface area contributed by atoms with E-state index in [0.717, 1.165) is 0 Å². The van der Waals surface area contributed by atoms with Crippen LogP contribution < -0.4 is 11.3 Å². The summed E-state index contributed by atoms with van der Waals surface area (Å²) in [6, 6.07) is 1.66. The smallest absolute Gasteiger partial charge is 0.333 e. The van der Waals surface area contributed by atoms with Crippen molar-refractivity contribution in [3.8, 4) is 0 Å². The van der Waals surface area contributed by atoms with Crippen molar-refractivity contribution in [2.24, 2.45) is 5.73 Å². The summed E-state index contributed by atoms with van der Waals surface area (Å²) in [7, 11) is 0. The number of hydrogen-bond acceptors (Lipinski definition) is 4. The van der Waals surface area contributed by atoms with Crippen LogP contribution in [0.2, 0.25) is 0 Å². The number of hydrogen-bond donors (Lipinski definition) is 2. The Hall–Kier alpha value is -1.72. The normalized spacial score (nSPS) is 8.80. The van der Waals surface area contributed by atoms with Gasteiger partial charge in [0.25, 0.3) is 0 Å². The number of carbonyl (C=O) groups is 1. The van der Waals surface area contributed by atoms with Crippen molar-refractivity contribution in [2.75, 3.05) is 5.59 Å². The van der Waals surface area contributed by atoms with Crippen molar-refractivity contribution in [3.05, 3.63) is 18.5 Å². The number of nitrogens with one attached hydrogen (secondary N) is 1. The number of nitrogens with zero attached hydrogens (tertiary/aromatic N) is 2. The van der Waals surface area contributed by atoms with Gasteiger partial charge in [0, 0.05) is 0 Å². The van der Waals surface area contributed by atoms with Gasteiger partial charge in [-0.3, -0.25) is 0 Å². The SMILES string of the molecule is NC(=O)ONn1cccn1. The summed E-state index contributed by atoms with van der Waals surface area (Å²) < 4.78 is 0. The molecule has 54 valence electrons. The molecule has 0 saturated heterocycles. The molecule has 3 N–H and O–H groups in total. The molecular formula is C4H6N4O2. The first-order chi connectivity index (χ1) is 4.79. The van der Waals surface area contributed by atoms with Gasteiger partial charge in [-0.1, -0.05) is 0 Å². The summed E-state index contributed by atoms with van der Waals surface area (Å²) in [6.45, 7) is 0. The second kappa shape index (κ2) is 2.72. The van der Waals surface area contributed by atoms with Crippen molar-refractivity contribution in [1.29, 1.82) is 0 Å². The van der Waals surface area contributed by atoms with Gasteiger partial charge in [0.05, 0.1) is 12.4 Å². The molecule has 0 saturated carbocycles. The largest absolute Gasteiger partial charge is 0.430 e. The molecule has 0 radical (unpaired) electrons. The Balaban J connectivity index is 2.35. The Morgan fingerprint density at radius 1 is 1.80 bits per heavy atom. The molecule has 0 unspecified atom stereocenters. The highest BCUT2D eigenvalue weighted by Crippen LogP contribution is 1.78. The van der Waals surface area contributed by atoms with Crippen LogP contribution in [0.5, 0.6) is 0 Å². The first-order valence-electron chi connectivity index (χ1n) is 2.51. The Morgan fingerprint density at radius 2 is 2.60 bits per heavy atom. The summed E-state index contributed by atoms with van der Waals surface area (Å²) in [6.07, 6.45) is 2.18. The van der Waals surface area contributed by atoms with Gasteiger partial charge in [0.15, 0.2) is 0 Å². The summed E-state index contributed by atoms with van der Waals surface area (Å²) in [5, 5.41) is 3.66. The van der Waals surface area contributed by atoms with Gasteiger partial charge < -0.3 is 10.6 Å². The van der Waals surface area contributed by atoms with E-state index < -0.39 is 6.09 Å². The highest BCUT2D eigenvalue weighted by atomic mass is 16.7. The maximum atomic E-state index is 9.99. The van der Waals surface area contributed by atoms with Crippen LogP contribution in [0.1, 0.15) is 0 Å². The highest BCUT2D eigenvalue weighted by Gasteiger charge is 1.90. The lowest BCUT2D eigenvalue weighted by Crippen LogP contribution is -2.24. The average molecular weight is 142 g/mol. The van der Waals surface area contributed by atoms with Crippen LogP contribution in [0.15, 0.2) is 18.5 Å². The topological polar surface area (TPSA) is 82.2 Å². The second-order valence-electron chi connectivity index (χ2n) is 1.46. The molecule has 1 amide bonds. The predicted octanol–water partition coefficient (Wildman–Crippen LogP) is -0.563. The van der Waals surface area contributed by atoms with E-state index in [-0.39, 0.29) is 0 Å². The molecule has 6 nitrogen and oxygen atoms in total. The fourth-order valence-corrected chi connectivity index (χ4v) is 0.415. The molecule has 0 fully saturated rings. The van der Waals surface area contributed by atoms with Gasteiger partial charge >= 0.3 is 6.09 Å². The monoisotopic (exact) mass is 142 g/mol. The summed E-state index contributed by atoms with van der Waals surface area (Å²) in [4.78, 5) is 15.4. The molecule has 10 heavy (non-hydrogen) atoms. The van der Waals surface area contributed by atoms with E-state index in [1.165, 1.54) is 11.0 Å². The average Bonchev–Trinajstić information content (AvgIpc) is 2.34. The van der Waals surface area contributed by atoms with Gasteiger partial charge in [-0.15, -0.1) is 5.59 Å². The molecule has 0 spiro atoms. The molecule has 6 heteroatoms. The van der Waals surface area contributed by atoms with Crippen LogP contribution in [-0.4, -0.2) is 16.0 Å². The summed E-state index contributed by atoms with van der Waals surface area (Å²) in [5.41, 5.74) is 6.80. The number of primary amides is 1. The van der Waals surface area contributed by atoms with E-state index in [9.17, 15) is 4.79 Å². The van der Waals surface area contributed by atoms with Crippen LogP contribution >= 0.6 is 0 Å². The first kappa shape index (κ1) is 6.40. The maximum Gasteiger partial charge on any atom is 0.430 e. The van der Waals surface area contributed by atoms with Gasteiger partial charge in [0.2, 0.25) is 0 Å². The van der Waals surface area contributed by atoms with Crippen LogP contribution in [-0.2, 0) is 4.84 Å². The molecule has 1 rings (SSSR count). The van der Waals surface area contributed by atoms with Gasteiger partial charge in [-0.25, -0.2) is 4.79 Å². The molecule has 0 aliphatic carbocycles. The molecule has 0 bridgehead atoms. The Morgan fingerprint density at radius 3 is 3.10 bits per heavy atom. The molecule has 1 aromatic rings. The van der Waals surface area contributed by atoms with Crippen LogP contribution in [0.3, 0.4) is 0 Å². The molecule has 1 aromatic heterocycles. The van der Waals surface area contributed by atoms with Gasteiger partial charge in [-0.05, 0) is 6.07 Å². The Kier molecular flexibility index (Phi) is 1.74. The molecule has 0 atom stereocenters. The zero-order chi connectivity index (χ0) is 7.40. The van der Waals surface area contributed by atoms with Gasteiger partial charge in [0.1, 0.15) is 0 Å². The molecule has 0 aliphatic heterocycles. The van der Waals surface area contributed by atoms with Crippen LogP contribution in [0, 0.1) is 0 Å². The van der Waals surface area contributed by atoms with Crippen molar-refractivity contribution in [3.63, 3.8) is 0 Å². The van der Waals surface area contributed by atoms with E-state index >= 15 is 0 Å². The summed E-state index contributed by atoms with van der Waals surface area (Å²) >= 11 is 0. The van der Waals surface area contributed by atoms with Crippen molar-refractivity contribution in [1.82, 2.24) is 9.89 Å². The quantitative estimate of drug-likeness (QED) is 0.542. The van der Waals surface area contributed by atoms with Crippen LogP contribution in [0.25, 0.3) is 0 Å². The van der Waals surface area contributed by atoms with E-state index in [1.54, 1.807) is 12.3 Å². The highest BCUT2D eigenvalue weighted by molar-refractivity contribution is 5.64. The molecule has 0 aromatic carbocycles. The Bertz CT molecular complexity index is 207. The first-order valence-corrected chi connectivity index (χ1v) is 2.51. The molecular weight excluding hydrogens is 136 g/mol. The minimum atomic E-state index is -0.907. The van der Waals surface area contributed by atoms with E-state index in [1.807, 2.05) is 0 Å². The van der Waals surface area contributed by atoms with E-state index in [0.29, 0.717) is 0 Å². The number of nitrogens with two attached hydrogens (primary N) is 1. The zero-order valence-electron chi connectivity index (χ0n) is 5.02. The van der Waals surface area contributed by atoms with Crippen molar-refractivity contribution in [2.45, 2.75) is 0 Å². The second-order valence-corrected chi connectivity index (χ2v) is 1.46. The molecule has 0 aliphatic rings. The third-order valence-corrected chi connectivity index (χ3v) is 0.744. The number of aromatic nitrogens is 2. The maximum absolute atomic E-state index is 9.99. The third-order valence-electron chi connectivity index (χ3n) is 0.744. The van der Waals surface area contributed by atoms with Gasteiger partial charge in [-0.2, -0.15) is 9.89 Å². The Labute approximate surface area is 56.5 Å². The fourth-order valence-electron chi connectivity index (χ4n) is 0.415. The number of amides is 1.